The second kappa shape index (κ2) is 7.37. The average Bonchev–Trinajstić information content (AvgIpc) is 2.63. The molecule has 0 atom stereocenters. The summed E-state index contributed by atoms with van der Waals surface area (Å²) in [6.45, 7) is 6.51. The number of hydrogen-bond acceptors (Lipinski definition) is 4. The van der Waals surface area contributed by atoms with Crippen LogP contribution in [0.3, 0.4) is 0 Å². The smallest absolute Gasteiger partial charge is 0.221 e. The number of rotatable bonds is 3. The number of nitrogens with one attached hydrogen (secondary N) is 1. The second-order valence-corrected chi connectivity index (χ2v) is 6.05. The first-order valence-corrected chi connectivity index (χ1v) is 8.27. The summed E-state index contributed by atoms with van der Waals surface area (Å²) in [5.74, 6) is 3.41. The third-order valence-corrected chi connectivity index (χ3v) is 4.16. The fraction of sp³-hybridized carbons (Fsp3) is 0.300. The van der Waals surface area contributed by atoms with Gasteiger partial charge in [0.2, 0.25) is 5.91 Å². The molecule has 1 aromatic heterocycles. The van der Waals surface area contributed by atoms with Crippen LogP contribution in [0, 0.1) is 19.3 Å². The van der Waals surface area contributed by atoms with Crippen LogP contribution in [-0.4, -0.2) is 37.2 Å². The lowest BCUT2D eigenvalue weighted by Crippen LogP contribution is -2.36. The molecule has 0 spiro atoms. The largest absolute Gasteiger partial charge is 0.378 e. The van der Waals surface area contributed by atoms with E-state index in [2.05, 4.69) is 21.1 Å². The molecular weight excluding hydrogens is 314 g/mol. The zero-order chi connectivity index (χ0) is 17.8. The van der Waals surface area contributed by atoms with E-state index in [-0.39, 0.29) is 5.91 Å². The topological polar surface area (TPSA) is 54.5 Å². The zero-order valence-corrected chi connectivity index (χ0v) is 14.5. The maximum Gasteiger partial charge on any atom is 0.221 e. The van der Waals surface area contributed by atoms with Gasteiger partial charge in [0.15, 0.2) is 0 Å². The minimum absolute atomic E-state index is 0.0946. The van der Waals surface area contributed by atoms with Crippen LogP contribution in [0.2, 0.25) is 0 Å². The molecule has 2 aromatic rings. The molecule has 0 radical (unpaired) electrons. The quantitative estimate of drug-likeness (QED) is 0.877. The number of morpholine rings is 1. The number of carbonyl (C=O) groups excluding carboxylic acids is 1. The van der Waals surface area contributed by atoms with Gasteiger partial charge in [-0.25, -0.2) is 4.98 Å². The molecule has 0 unspecified atom stereocenters. The lowest BCUT2D eigenvalue weighted by molar-refractivity contribution is -0.114. The fourth-order valence-corrected chi connectivity index (χ4v) is 2.91. The van der Waals surface area contributed by atoms with Gasteiger partial charge in [0.05, 0.1) is 13.2 Å². The van der Waals surface area contributed by atoms with Gasteiger partial charge in [0.1, 0.15) is 11.5 Å². The first kappa shape index (κ1) is 17.0. The molecule has 25 heavy (non-hydrogen) atoms. The van der Waals surface area contributed by atoms with Crippen LogP contribution < -0.4 is 10.2 Å². The number of hydrogen-bond donors (Lipinski definition) is 1. The molecule has 0 saturated carbocycles. The summed E-state index contributed by atoms with van der Waals surface area (Å²) in [6.07, 6.45) is 5.62. The summed E-state index contributed by atoms with van der Waals surface area (Å²) in [5.41, 5.74) is 4.49. The summed E-state index contributed by atoms with van der Waals surface area (Å²) in [7, 11) is 0. The molecular formula is C20H21N3O2. The minimum atomic E-state index is -0.0946. The number of terminal acetylenes is 1. The zero-order valence-electron chi connectivity index (χ0n) is 14.5. The van der Waals surface area contributed by atoms with Gasteiger partial charge in [0, 0.05) is 25.7 Å². The Morgan fingerprint density at radius 3 is 2.72 bits per heavy atom. The van der Waals surface area contributed by atoms with Gasteiger partial charge in [-0.3, -0.25) is 4.79 Å². The molecule has 1 aliphatic rings. The average molecular weight is 335 g/mol. The number of pyridine rings is 1. The highest BCUT2D eigenvalue weighted by molar-refractivity contribution is 5.90. The molecule has 0 bridgehead atoms. The van der Waals surface area contributed by atoms with Crippen molar-refractivity contribution in [3.8, 4) is 23.5 Å². The van der Waals surface area contributed by atoms with E-state index in [1.807, 2.05) is 37.3 Å². The standard InChI is InChI=1S/C20H21N3O2/c1-4-17-11-16(12-20(22-17)23-7-9-25-10-8-23)19-13-18(21-15(3)24)6-5-14(19)2/h1,5-6,11-13H,7-10H2,2-3H3,(H,21,24). The van der Waals surface area contributed by atoms with Crippen molar-refractivity contribution in [3.05, 3.63) is 41.6 Å². The van der Waals surface area contributed by atoms with Crippen LogP contribution in [0.5, 0.6) is 0 Å². The van der Waals surface area contributed by atoms with Crippen LogP contribution >= 0.6 is 0 Å². The Balaban J connectivity index is 2.04. The van der Waals surface area contributed by atoms with Gasteiger partial charge >= 0.3 is 0 Å². The van der Waals surface area contributed by atoms with Crippen molar-refractivity contribution >= 4 is 17.4 Å². The van der Waals surface area contributed by atoms with Gasteiger partial charge in [-0.05, 0) is 47.9 Å². The van der Waals surface area contributed by atoms with Crippen molar-refractivity contribution in [2.24, 2.45) is 0 Å². The second-order valence-electron chi connectivity index (χ2n) is 6.05. The summed E-state index contributed by atoms with van der Waals surface area (Å²) in [5, 5.41) is 2.83. The highest BCUT2D eigenvalue weighted by atomic mass is 16.5. The Bertz CT molecular complexity index is 833. The number of aryl methyl sites for hydroxylation is 1. The van der Waals surface area contributed by atoms with Gasteiger partial charge in [-0.1, -0.05) is 12.0 Å². The van der Waals surface area contributed by atoms with Crippen molar-refractivity contribution in [2.75, 3.05) is 36.5 Å². The van der Waals surface area contributed by atoms with E-state index >= 15 is 0 Å². The molecule has 1 N–H and O–H groups in total. The van der Waals surface area contributed by atoms with Crippen molar-refractivity contribution in [1.29, 1.82) is 0 Å². The van der Waals surface area contributed by atoms with Crippen molar-refractivity contribution < 1.29 is 9.53 Å². The molecule has 2 heterocycles. The predicted molar refractivity (Wildman–Crippen MR) is 99.7 cm³/mol. The highest BCUT2D eigenvalue weighted by Gasteiger charge is 2.15. The van der Waals surface area contributed by atoms with Crippen LogP contribution in [0.1, 0.15) is 18.2 Å². The molecule has 1 aliphatic heterocycles. The lowest BCUT2D eigenvalue weighted by Gasteiger charge is -2.28. The number of ether oxygens (including phenoxy) is 1. The monoisotopic (exact) mass is 335 g/mol. The molecule has 0 aliphatic carbocycles. The van der Waals surface area contributed by atoms with E-state index in [0.717, 1.165) is 41.3 Å². The molecule has 1 saturated heterocycles. The Morgan fingerprint density at radius 2 is 2.04 bits per heavy atom. The van der Waals surface area contributed by atoms with Crippen molar-refractivity contribution in [3.63, 3.8) is 0 Å². The molecule has 1 fully saturated rings. The number of nitrogens with zero attached hydrogens (tertiary/aromatic N) is 2. The maximum atomic E-state index is 11.3. The summed E-state index contributed by atoms with van der Waals surface area (Å²) >= 11 is 0. The predicted octanol–water partition coefficient (Wildman–Crippen LogP) is 2.83. The molecule has 1 amide bonds. The van der Waals surface area contributed by atoms with E-state index < -0.39 is 0 Å². The third-order valence-electron chi connectivity index (χ3n) is 4.16. The SMILES string of the molecule is C#Cc1cc(-c2cc(NC(C)=O)ccc2C)cc(N2CCOCC2)n1. The first-order valence-electron chi connectivity index (χ1n) is 8.27. The third kappa shape index (κ3) is 3.98. The summed E-state index contributed by atoms with van der Waals surface area (Å²) < 4.78 is 5.41. The fourth-order valence-electron chi connectivity index (χ4n) is 2.91. The Labute approximate surface area is 148 Å². The number of amides is 1. The highest BCUT2D eigenvalue weighted by Crippen LogP contribution is 2.30. The Morgan fingerprint density at radius 1 is 1.28 bits per heavy atom. The van der Waals surface area contributed by atoms with Crippen molar-refractivity contribution in [1.82, 2.24) is 4.98 Å². The van der Waals surface area contributed by atoms with E-state index in [1.165, 1.54) is 6.92 Å². The van der Waals surface area contributed by atoms with E-state index in [1.54, 1.807) is 0 Å². The molecule has 5 heteroatoms. The first-order chi connectivity index (χ1) is 12.1. The normalized spacial score (nSPS) is 14.0. The summed E-state index contributed by atoms with van der Waals surface area (Å²) in [4.78, 5) is 18.1. The van der Waals surface area contributed by atoms with Crippen LogP contribution in [-0.2, 0) is 9.53 Å². The molecule has 5 nitrogen and oxygen atoms in total. The summed E-state index contributed by atoms with van der Waals surface area (Å²) in [6, 6.07) is 9.81. The van der Waals surface area contributed by atoms with Crippen LogP contribution in [0.4, 0.5) is 11.5 Å². The van der Waals surface area contributed by atoms with Gasteiger partial charge in [0.25, 0.3) is 0 Å². The minimum Gasteiger partial charge on any atom is -0.378 e. The Kier molecular flexibility index (Phi) is 5.01. The molecule has 128 valence electrons. The maximum absolute atomic E-state index is 11.3. The Hall–Kier alpha value is -2.84. The molecule has 1 aromatic carbocycles. The van der Waals surface area contributed by atoms with Crippen molar-refractivity contribution in [2.45, 2.75) is 13.8 Å². The molecule has 3 rings (SSSR count). The van der Waals surface area contributed by atoms with E-state index in [0.29, 0.717) is 18.9 Å². The number of anilines is 2. The van der Waals surface area contributed by atoms with Gasteiger partial charge < -0.3 is 15.0 Å². The van der Waals surface area contributed by atoms with E-state index in [4.69, 9.17) is 11.2 Å². The number of carbonyl (C=O) groups is 1. The van der Waals surface area contributed by atoms with E-state index in [9.17, 15) is 4.79 Å². The number of benzene rings is 1. The van der Waals surface area contributed by atoms with Crippen LogP contribution in [0.15, 0.2) is 30.3 Å². The lowest BCUT2D eigenvalue weighted by atomic mass is 9.99. The van der Waals surface area contributed by atoms with Gasteiger partial charge in [-0.15, -0.1) is 6.42 Å². The number of aromatic nitrogens is 1. The van der Waals surface area contributed by atoms with Gasteiger partial charge in [-0.2, -0.15) is 0 Å². The van der Waals surface area contributed by atoms with Crippen LogP contribution in [0.25, 0.3) is 11.1 Å².